The third-order valence-electron chi connectivity index (χ3n) is 33.0. The number of aromatic nitrogens is 8. The van der Waals surface area contributed by atoms with Crippen molar-refractivity contribution in [3.63, 3.8) is 0 Å². The van der Waals surface area contributed by atoms with Crippen LogP contribution in [-0.2, 0) is 16.2 Å². The molecule has 148 heavy (non-hydrogen) atoms. The number of fused-ring (bicyclic) bond motifs is 24. The van der Waals surface area contributed by atoms with Crippen molar-refractivity contribution in [2.75, 3.05) is 5.32 Å². The summed E-state index contributed by atoms with van der Waals surface area (Å²) in [5.41, 5.74) is 47.3. The van der Waals surface area contributed by atoms with Gasteiger partial charge in [-0.15, -0.1) is 0 Å². The van der Waals surface area contributed by atoms with Gasteiger partial charge in [0.05, 0.1) is 55.2 Å². The molecule has 3 aliphatic carbocycles. The predicted molar refractivity (Wildman–Crippen MR) is 617 cm³/mol. The summed E-state index contributed by atoms with van der Waals surface area (Å²) >= 11 is 0. The molecule has 698 valence electrons. The van der Waals surface area contributed by atoms with E-state index in [1.54, 1.807) is 0 Å². The zero-order chi connectivity index (χ0) is 98.4. The van der Waals surface area contributed by atoms with Gasteiger partial charge in [0, 0.05) is 132 Å². The number of para-hydroxylation sites is 6. The van der Waals surface area contributed by atoms with Crippen LogP contribution in [0.3, 0.4) is 0 Å². The summed E-state index contributed by atoms with van der Waals surface area (Å²) < 4.78 is 12.2. The third-order valence-corrected chi connectivity index (χ3v) is 33.0. The molecule has 3 aliphatic rings. The van der Waals surface area contributed by atoms with Gasteiger partial charge in [0.25, 0.3) is 0 Å². The minimum atomic E-state index is -0.137. The summed E-state index contributed by atoms with van der Waals surface area (Å²) in [7, 11) is 0. The van der Waals surface area contributed by atoms with Gasteiger partial charge in [-0.2, -0.15) is 0 Å². The van der Waals surface area contributed by atoms with Crippen molar-refractivity contribution in [3.8, 4) is 140 Å². The Bertz CT molecular complexity index is 10000. The van der Waals surface area contributed by atoms with Gasteiger partial charge in [-0.3, -0.25) is 0 Å². The molecule has 0 amide bonds. The molecule has 0 unspecified atom stereocenters. The number of nitrogens with one attached hydrogen (secondary N) is 1. The number of anilines is 2. The van der Waals surface area contributed by atoms with Gasteiger partial charge < -0.3 is 28.2 Å². The first-order chi connectivity index (χ1) is 72.5. The number of nitrogens with zero attached hydrogens (tertiary/aromatic N) is 8. The van der Waals surface area contributed by atoms with Gasteiger partial charge in [0.1, 0.15) is 0 Å². The van der Waals surface area contributed by atoms with Crippen LogP contribution in [0.1, 0.15) is 80.5 Å². The van der Waals surface area contributed by atoms with Crippen molar-refractivity contribution >= 4 is 120 Å². The van der Waals surface area contributed by atoms with Crippen LogP contribution >= 0.6 is 0 Å². The van der Waals surface area contributed by atoms with E-state index < -0.39 is 0 Å². The summed E-state index contributed by atoms with van der Waals surface area (Å²) in [6.07, 6.45) is 0. The third kappa shape index (κ3) is 12.8. The van der Waals surface area contributed by atoms with Crippen LogP contribution < -0.4 is 5.32 Å². The number of hydrogen-bond acceptors (Lipinski definition) is 4. The van der Waals surface area contributed by atoms with E-state index in [0.717, 1.165) is 123 Å². The highest BCUT2D eigenvalue weighted by atomic mass is 15.1. The van der Waals surface area contributed by atoms with Crippen LogP contribution in [0.4, 0.5) is 11.4 Å². The van der Waals surface area contributed by atoms with Crippen LogP contribution in [0.15, 0.2) is 455 Å². The molecule has 9 heteroatoms. The molecule has 27 aromatic rings. The number of rotatable bonds is 14. The first-order valence-corrected chi connectivity index (χ1v) is 51.5. The lowest BCUT2D eigenvalue weighted by Gasteiger charge is -2.22. The van der Waals surface area contributed by atoms with Crippen LogP contribution in [0, 0.1) is 6.92 Å². The fourth-order valence-electron chi connectivity index (χ4n) is 25.8. The molecule has 0 bridgehead atoms. The van der Waals surface area contributed by atoms with Gasteiger partial charge in [0.15, 0.2) is 17.5 Å². The molecule has 6 aromatic heterocycles. The van der Waals surface area contributed by atoms with Gasteiger partial charge in [-0.1, -0.05) is 339 Å². The minimum Gasteiger partial charge on any atom is -0.355 e. The molecular formula is C139H97N9. The first kappa shape index (κ1) is 85.1. The number of benzene rings is 21. The summed E-state index contributed by atoms with van der Waals surface area (Å²) in [5, 5.41) is 15.9. The Labute approximate surface area is 856 Å². The second-order valence-corrected chi connectivity index (χ2v) is 42.3. The molecule has 0 spiro atoms. The zero-order valence-electron chi connectivity index (χ0n) is 82.9. The van der Waals surface area contributed by atoms with Gasteiger partial charge in [0.2, 0.25) is 0 Å². The van der Waals surface area contributed by atoms with E-state index in [9.17, 15) is 0 Å². The fraction of sp³-hybridized carbons (Fsp3) is 0.0719. The average molecular weight is 1890 g/mol. The maximum absolute atomic E-state index is 5.66. The van der Waals surface area contributed by atoms with Crippen molar-refractivity contribution in [2.45, 2.75) is 64.7 Å². The quantitative estimate of drug-likeness (QED) is 0.118. The Morgan fingerprint density at radius 2 is 0.453 bits per heavy atom. The molecule has 30 rings (SSSR count). The van der Waals surface area contributed by atoms with E-state index in [4.69, 9.17) is 15.0 Å². The lowest BCUT2D eigenvalue weighted by molar-refractivity contribution is 0.660. The van der Waals surface area contributed by atoms with Crippen molar-refractivity contribution in [1.29, 1.82) is 0 Å². The van der Waals surface area contributed by atoms with E-state index in [-0.39, 0.29) is 16.2 Å². The molecule has 1 N–H and O–H groups in total. The summed E-state index contributed by atoms with van der Waals surface area (Å²) in [5.74, 6) is 1.62. The SMILES string of the molecule is Cc1cc(-c2ccc3c(c2)c2ccccc2n3-c2ccc3c(c2)C(C)(C)c2ccccc2-3)ccc1-c1ccccc1Nc1cccc(-c2nc(-c3cccc(-n4c5ccccc5c5ccc(-c6ccc7c(c6)c6ccccc6n7-c6ccc7c(c6)C(C)(C)c6ccccc6-7)cc54)c3)nc(-c3cccc(-n4c5ccccc5c5ccc(-c6ccc7c(c6)c6ccccc6n7-c6ccc7c(c6)C(C)(C)c6ccccc6-7)cc54)c3)n2)c1. The summed E-state index contributed by atoms with van der Waals surface area (Å²) in [4.78, 5) is 16.9. The van der Waals surface area contributed by atoms with E-state index in [2.05, 4.69) is 532 Å². The molecule has 6 heterocycles. The van der Waals surface area contributed by atoms with E-state index in [1.165, 1.54) is 160 Å². The van der Waals surface area contributed by atoms with Crippen molar-refractivity contribution < 1.29 is 0 Å². The lowest BCUT2D eigenvalue weighted by atomic mass is 9.82. The molecular weight excluding hydrogens is 1800 g/mol. The number of hydrogen-bond donors (Lipinski definition) is 1. The Kier molecular flexibility index (Phi) is 18.4. The van der Waals surface area contributed by atoms with Crippen molar-refractivity contribution in [2.24, 2.45) is 0 Å². The average Bonchev–Trinajstić information content (AvgIpc) is 1.55. The maximum Gasteiger partial charge on any atom is 0.164 e. The molecule has 0 radical (unpaired) electrons. The first-order valence-electron chi connectivity index (χ1n) is 51.5. The molecule has 0 atom stereocenters. The Balaban J connectivity index is 0.522. The van der Waals surface area contributed by atoms with Gasteiger partial charge in [-0.05, 0) is 276 Å². The standard InChI is InChI=1S/C139H97N9/c1-83-71-84(85-56-68-129-114(75-85)109-41-14-23-50-126(109)144(129)96-59-65-103-100-35-8-17-44-117(100)137(2,3)120(103)80-96)53-62-99(83)106-38-11-20-47-123(106)140-93-32-26-29-90(72-93)134-141-135(91-30-27-33-94(73-91)147-124-48-21-12-39-107(124)112-63-54-88(78-132(112)147)86-57-69-130-115(76-86)110-42-15-24-51-127(110)145(130)97-60-66-104-101-36-9-18-45-118(101)138(4,5)121(104)81-97)143-136(142-134)92-31-28-34-95(74-92)148-125-49-22-13-40-108(125)113-64-55-89(79-133(113)148)87-58-70-131-116(77-87)111-43-16-25-52-128(111)146(131)98-61-67-105-102-37-10-19-46-119(102)139(6,7)122(105)82-98/h8-82,140H,1-7H3. The zero-order valence-corrected chi connectivity index (χ0v) is 82.9. The Hall–Kier alpha value is -18.6. The van der Waals surface area contributed by atoms with Crippen LogP contribution in [0.5, 0.6) is 0 Å². The summed E-state index contributed by atoms with van der Waals surface area (Å²) in [6.45, 7) is 16.4. The monoisotopic (exact) mass is 1890 g/mol. The second-order valence-electron chi connectivity index (χ2n) is 42.3. The fourth-order valence-corrected chi connectivity index (χ4v) is 25.8. The topological polar surface area (TPSA) is 75.3 Å². The molecule has 9 nitrogen and oxygen atoms in total. The van der Waals surface area contributed by atoms with Crippen LogP contribution in [-0.4, -0.2) is 37.8 Å². The van der Waals surface area contributed by atoms with E-state index in [1.807, 2.05) is 0 Å². The minimum absolute atomic E-state index is 0.118. The van der Waals surface area contributed by atoms with Crippen LogP contribution in [0.2, 0.25) is 0 Å². The predicted octanol–water partition coefficient (Wildman–Crippen LogP) is 36.0. The van der Waals surface area contributed by atoms with Crippen molar-refractivity contribution in [1.82, 2.24) is 37.8 Å². The largest absolute Gasteiger partial charge is 0.355 e. The highest BCUT2D eigenvalue weighted by Gasteiger charge is 2.40. The number of aryl methyl sites for hydroxylation is 1. The highest BCUT2D eigenvalue weighted by molar-refractivity contribution is 6.17. The van der Waals surface area contributed by atoms with Gasteiger partial charge >= 0.3 is 0 Å². The lowest BCUT2D eigenvalue weighted by Crippen LogP contribution is -2.15. The van der Waals surface area contributed by atoms with E-state index >= 15 is 0 Å². The smallest absolute Gasteiger partial charge is 0.164 e. The Morgan fingerprint density at radius 3 is 0.845 bits per heavy atom. The van der Waals surface area contributed by atoms with Gasteiger partial charge in [-0.25, -0.2) is 15.0 Å². The Morgan fingerprint density at radius 1 is 0.176 bits per heavy atom. The normalized spacial score (nSPS) is 13.5. The second kappa shape index (κ2) is 32.0. The maximum atomic E-state index is 5.66. The molecule has 21 aromatic carbocycles. The van der Waals surface area contributed by atoms with Crippen molar-refractivity contribution in [3.05, 3.63) is 494 Å². The highest BCUT2D eigenvalue weighted by Crippen LogP contribution is 2.55. The van der Waals surface area contributed by atoms with Crippen LogP contribution in [0.25, 0.3) is 250 Å². The molecule has 0 aliphatic heterocycles. The summed E-state index contributed by atoms with van der Waals surface area (Å²) in [6, 6.07) is 169. The molecule has 0 fully saturated rings. The van der Waals surface area contributed by atoms with E-state index in [0.29, 0.717) is 17.5 Å². The molecule has 0 saturated carbocycles. The molecule has 0 saturated heterocycles.